The Morgan fingerprint density at radius 3 is 2.46 bits per heavy atom. The van der Waals surface area contributed by atoms with E-state index in [1.54, 1.807) is 49.6 Å². The van der Waals surface area contributed by atoms with Crippen molar-refractivity contribution >= 4 is 17.8 Å². The number of carbonyl (C=O) groups is 1. The van der Waals surface area contributed by atoms with Gasteiger partial charge in [-0.1, -0.05) is 12.1 Å². The van der Waals surface area contributed by atoms with Crippen molar-refractivity contribution in [3.05, 3.63) is 71.1 Å². The minimum absolute atomic E-state index is 0.330. The number of methoxy groups -OCH3 is 2. The Morgan fingerprint density at radius 1 is 1.04 bits per heavy atom. The third kappa shape index (κ3) is 3.15. The van der Waals surface area contributed by atoms with Crippen LogP contribution >= 0.6 is 0 Å². The molecule has 0 aromatic heterocycles. The second kappa shape index (κ2) is 6.58. The van der Waals surface area contributed by atoms with Crippen LogP contribution < -0.4 is 9.47 Å². The van der Waals surface area contributed by atoms with Crippen molar-refractivity contribution in [2.75, 3.05) is 14.2 Å². The molecule has 0 saturated heterocycles. The quantitative estimate of drug-likeness (QED) is 0.633. The number of hydrogen-bond acceptors (Lipinski definition) is 4. The molecule has 0 atom stereocenters. The number of benzene rings is 2. The van der Waals surface area contributed by atoms with E-state index in [9.17, 15) is 9.18 Å². The maximum Gasteiger partial charge on any atom is 0.343 e. The van der Waals surface area contributed by atoms with Crippen LogP contribution in [0.1, 0.15) is 11.1 Å². The lowest BCUT2D eigenvalue weighted by molar-refractivity contribution is -0.130. The molecular formula is C19H15FO4. The molecule has 2 aromatic carbocycles. The predicted molar refractivity (Wildman–Crippen MR) is 88.0 cm³/mol. The lowest BCUT2D eigenvalue weighted by Crippen LogP contribution is -1.98. The number of carbonyl (C=O) groups excluding carboxylic acids is 1. The van der Waals surface area contributed by atoms with Crippen LogP contribution in [0.15, 0.2) is 54.1 Å². The Morgan fingerprint density at radius 2 is 1.79 bits per heavy atom. The van der Waals surface area contributed by atoms with Gasteiger partial charge in [-0.25, -0.2) is 9.18 Å². The van der Waals surface area contributed by atoms with Gasteiger partial charge in [-0.15, -0.1) is 0 Å². The van der Waals surface area contributed by atoms with E-state index in [-0.39, 0.29) is 5.82 Å². The van der Waals surface area contributed by atoms with E-state index in [1.807, 2.05) is 0 Å². The second-order valence-corrected chi connectivity index (χ2v) is 5.12. The van der Waals surface area contributed by atoms with Crippen molar-refractivity contribution in [2.24, 2.45) is 0 Å². The van der Waals surface area contributed by atoms with Gasteiger partial charge < -0.3 is 14.2 Å². The van der Waals surface area contributed by atoms with Gasteiger partial charge in [-0.3, -0.25) is 0 Å². The fourth-order valence-corrected chi connectivity index (χ4v) is 2.37. The molecule has 0 N–H and O–H groups in total. The fraction of sp³-hybridized carbons (Fsp3) is 0.105. The van der Waals surface area contributed by atoms with Crippen LogP contribution in [0.25, 0.3) is 11.8 Å². The van der Waals surface area contributed by atoms with E-state index in [0.29, 0.717) is 34.0 Å². The van der Waals surface area contributed by atoms with Gasteiger partial charge >= 0.3 is 5.97 Å². The molecule has 0 bridgehead atoms. The van der Waals surface area contributed by atoms with Crippen LogP contribution in [0.5, 0.6) is 11.5 Å². The summed E-state index contributed by atoms with van der Waals surface area (Å²) >= 11 is 0. The van der Waals surface area contributed by atoms with Crippen LogP contribution in [0.2, 0.25) is 0 Å². The van der Waals surface area contributed by atoms with Crippen molar-refractivity contribution in [3.63, 3.8) is 0 Å². The molecule has 5 heteroatoms. The number of esters is 1. The van der Waals surface area contributed by atoms with Gasteiger partial charge in [-0.05, 0) is 48.0 Å². The molecule has 0 amide bonds. The Kier molecular flexibility index (Phi) is 4.33. The molecule has 0 unspecified atom stereocenters. The SMILES string of the molecule is COc1ccc(OC)c(C2=C/C(=C\c3ccc(F)cc3)C(=O)O2)c1. The maximum absolute atomic E-state index is 13.0. The van der Waals surface area contributed by atoms with Crippen molar-refractivity contribution in [2.45, 2.75) is 0 Å². The topological polar surface area (TPSA) is 44.8 Å². The zero-order valence-electron chi connectivity index (χ0n) is 13.2. The number of rotatable bonds is 4. The van der Waals surface area contributed by atoms with Gasteiger partial charge in [-0.2, -0.15) is 0 Å². The van der Waals surface area contributed by atoms with Gasteiger partial charge in [0.15, 0.2) is 0 Å². The highest BCUT2D eigenvalue weighted by Crippen LogP contribution is 2.35. The summed E-state index contributed by atoms with van der Waals surface area (Å²) < 4.78 is 28.8. The molecule has 122 valence electrons. The molecule has 0 fully saturated rings. The van der Waals surface area contributed by atoms with E-state index in [2.05, 4.69) is 0 Å². The van der Waals surface area contributed by atoms with Crippen molar-refractivity contribution in [1.82, 2.24) is 0 Å². The lowest BCUT2D eigenvalue weighted by Gasteiger charge is -2.10. The summed E-state index contributed by atoms with van der Waals surface area (Å²) in [7, 11) is 3.10. The summed E-state index contributed by atoms with van der Waals surface area (Å²) in [5.41, 5.74) is 1.70. The Hall–Kier alpha value is -3.08. The molecular weight excluding hydrogens is 311 g/mol. The van der Waals surface area contributed by atoms with Crippen LogP contribution in [0, 0.1) is 5.82 Å². The smallest absolute Gasteiger partial charge is 0.343 e. The number of hydrogen-bond donors (Lipinski definition) is 0. The van der Waals surface area contributed by atoms with Crippen molar-refractivity contribution < 1.29 is 23.4 Å². The van der Waals surface area contributed by atoms with E-state index in [0.717, 1.165) is 0 Å². The van der Waals surface area contributed by atoms with Gasteiger partial charge in [0.05, 0.1) is 25.4 Å². The minimum Gasteiger partial charge on any atom is -0.497 e. The van der Waals surface area contributed by atoms with Crippen LogP contribution in [0.4, 0.5) is 4.39 Å². The highest BCUT2D eigenvalue weighted by atomic mass is 19.1. The third-order valence-corrected chi connectivity index (χ3v) is 3.59. The zero-order chi connectivity index (χ0) is 17.1. The van der Waals surface area contributed by atoms with Crippen LogP contribution in [-0.4, -0.2) is 20.2 Å². The molecule has 1 heterocycles. The van der Waals surface area contributed by atoms with Gasteiger partial charge in [0.2, 0.25) is 0 Å². The average molecular weight is 326 g/mol. The maximum atomic E-state index is 13.0. The predicted octanol–water partition coefficient (Wildman–Crippen LogP) is 3.82. The summed E-state index contributed by atoms with van der Waals surface area (Å²) in [4.78, 5) is 12.1. The normalized spacial score (nSPS) is 15.2. The molecule has 24 heavy (non-hydrogen) atoms. The third-order valence-electron chi connectivity index (χ3n) is 3.59. The molecule has 0 saturated carbocycles. The largest absolute Gasteiger partial charge is 0.497 e. The van der Waals surface area contributed by atoms with E-state index < -0.39 is 5.97 Å². The summed E-state index contributed by atoms with van der Waals surface area (Å²) in [5.74, 6) is 0.767. The molecule has 1 aliphatic heterocycles. The monoisotopic (exact) mass is 326 g/mol. The Balaban J connectivity index is 1.98. The summed E-state index contributed by atoms with van der Waals surface area (Å²) in [6, 6.07) is 11.1. The molecule has 0 aliphatic carbocycles. The Bertz CT molecular complexity index is 835. The van der Waals surface area contributed by atoms with Crippen molar-refractivity contribution in [3.8, 4) is 11.5 Å². The van der Waals surface area contributed by atoms with Gasteiger partial charge in [0.1, 0.15) is 23.1 Å². The minimum atomic E-state index is -0.473. The first-order valence-electron chi connectivity index (χ1n) is 7.24. The molecule has 0 spiro atoms. The van der Waals surface area contributed by atoms with Crippen LogP contribution in [0.3, 0.4) is 0 Å². The lowest BCUT2D eigenvalue weighted by atomic mass is 10.1. The molecule has 2 aromatic rings. The number of halogens is 1. The first-order chi connectivity index (χ1) is 11.6. The van der Waals surface area contributed by atoms with E-state index in [4.69, 9.17) is 14.2 Å². The van der Waals surface area contributed by atoms with Gasteiger partial charge in [0.25, 0.3) is 0 Å². The summed E-state index contributed by atoms with van der Waals surface area (Å²) in [5, 5.41) is 0. The second-order valence-electron chi connectivity index (χ2n) is 5.12. The Labute approximate surface area is 138 Å². The molecule has 3 rings (SSSR count). The highest BCUT2D eigenvalue weighted by molar-refractivity contribution is 6.05. The van der Waals surface area contributed by atoms with Crippen LogP contribution in [-0.2, 0) is 9.53 Å². The first-order valence-corrected chi connectivity index (χ1v) is 7.24. The van der Waals surface area contributed by atoms with Gasteiger partial charge in [0, 0.05) is 0 Å². The van der Waals surface area contributed by atoms with E-state index >= 15 is 0 Å². The summed E-state index contributed by atoms with van der Waals surface area (Å²) in [6.07, 6.45) is 3.27. The first kappa shape index (κ1) is 15.8. The summed E-state index contributed by atoms with van der Waals surface area (Å²) in [6.45, 7) is 0. The number of cyclic esters (lactones) is 1. The number of ether oxygens (including phenoxy) is 3. The van der Waals surface area contributed by atoms with E-state index in [1.165, 1.54) is 19.2 Å². The molecule has 1 aliphatic rings. The van der Waals surface area contributed by atoms with Crippen molar-refractivity contribution in [1.29, 1.82) is 0 Å². The average Bonchev–Trinajstić information content (AvgIpc) is 2.97. The zero-order valence-corrected chi connectivity index (χ0v) is 13.2. The fourth-order valence-electron chi connectivity index (χ4n) is 2.37. The molecule has 0 radical (unpaired) electrons. The standard InChI is InChI=1S/C19H15FO4/c1-22-15-7-8-17(23-2)16(11-15)18-10-13(19(21)24-18)9-12-3-5-14(20)6-4-12/h3-11H,1-2H3/b13-9+. The highest BCUT2D eigenvalue weighted by Gasteiger charge is 2.24. The molecule has 4 nitrogen and oxygen atoms in total.